The van der Waals surface area contributed by atoms with Crippen LogP contribution in [0.3, 0.4) is 0 Å². The third-order valence-electron chi connectivity index (χ3n) is 1.92. The van der Waals surface area contributed by atoms with E-state index >= 15 is 0 Å². The zero-order chi connectivity index (χ0) is 11.1. The van der Waals surface area contributed by atoms with Crippen LogP contribution in [0.4, 0.5) is 5.69 Å². The summed E-state index contributed by atoms with van der Waals surface area (Å²) in [7, 11) is 0. The number of rotatable bonds is 5. The second-order valence-corrected chi connectivity index (χ2v) is 4.15. The minimum Gasteiger partial charge on any atom is -0.396 e. The molecule has 15 heavy (non-hydrogen) atoms. The maximum absolute atomic E-state index is 11.4. The molecule has 2 N–H and O–H groups in total. The van der Waals surface area contributed by atoms with Crippen molar-refractivity contribution in [3.63, 3.8) is 0 Å². The Labute approximate surface area is 97.6 Å². The minimum atomic E-state index is -0.0125. The van der Waals surface area contributed by atoms with E-state index in [0.29, 0.717) is 12.8 Å². The van der Waals surface area contributed by atoms with E-state index in [1.807, 2.05) is 24.3 Å². The van der Waals surface area contributed by atoms with Gasteiger partial charge in [0.25, 0.3) is 0 Å². The van der Waals surface area contributed by atoms with Crippen molar-refractivity contribution in [1.82, 2.24) is 0 Å². The van der Waals surface area contributed by atoms with Gasteiger partial charge >= 0.3 is 0 Å². The predicted molar refractivity (Wildman–Crippen MR) is 63.7 cm³/mol. The number of unbranched alkanes of at least 4 members (excludes halogenated alkanes) is 1. The zero-order valence-electron chi connectivity index (χ0n) is 8.37. The van der Waals surface area contributed by atoms with E-state index < -0.39 is 0 Å². The van der Waals surface area contributed by atoms with Gasteiger partial charge in [-0.2, -0.15) is 0 Å². The van der Waals surface area contributed by atoms with Gasteiger partial charge < -0.3 is 10.4 Å². The maximum atomic E-state index is 11.4. The molecule has 0 aromatic heterocycles. The molecule has 4 heteroatoms. The first-order valence-electron chi connectivity index (χ1n) is 4.88. The zero-order valence-corrected chi connectivity index (χ0v) is 9.96. The van der Waals surface area contributed by atoms with E-state index in [-0.39, 0.29) is 12.5 Å². The van der Waals surface area contributed by atoms with Crippen LogP contribution in [0.1, 0.15) is 19.3 Å². The summed E-state index contributed by atoms with van der Waals surface area (Å²) in [4.78, 5) is 11.4. The van der Waals surface area contributed by atoms with Gasteiger partial charge in [-0.05, 0) is 31.0 Å². The SMILES string of the molecule is O=C(CCCCO)Nc1cccc(Br)c1. The Hall–Kier alpha value is -0.870. The first-order valence-corrected chi connectivity index (χ1v) is 5.68. The van der Waals surface area contributed by atoms with Crippen LogP contribution in [0, 0.1) is 0 Å². The molecule has 0 aliphatic carbocycles. The molecule has 0 bridgehead atoms. The Kier molecular flexibility index (Phi) is 5.36. The molecule has 0 aliphatic rings. The van der Waals surface area contributed by atoms with Crippen molar-refractivity contribution in [3.8, 4) is 0 Å². The smallest absolute Gasteiger partial charge is 0.224 e. The number of aliphatic hydroxyl groups is 1. The molecule has 82 valence electrons. The molecule has 3 nitrogen and oxygen atoms in total. The van der Waals surface area contributed by atoms with Crippen molar-refractivity contribution >= 4 is 27.5 Å². The fourth-order valence-corrected chi connectivity index (χ4v) is 1.59. The first-order chi connectivity index (χ1) is 7.22. The highest BCUT2D eigenvalue weighted by Gasteiger charge is 2.01. The van der Waals surface area contributed by atoms with Gasteiger partial charge in [-0.15, -0.1) is 0 Å². The fourth-order valence-electron chi connectivity index (χ4n) is 1.19. The molecule has 1 rings (SSSR count). The molecule has 0 spiro atoms. The number of hydrogen-bond acceptors (Lipinski definition) is 2. The van der Waals surface area contributed by atoms with E-state index in [9.17, 15) is 4.79 Å². The van der Waals surface area contributed by atoms with Crippen LogP contribution in [0.25, 0.3) is 0 Å². The van der Waals surface area contributed by atoms with Crippen LogP contribution in [0.5, 0.6) is 0 Å². The van der Waals surface area contributed by atoms with Gasteiger partial charge in [0, 0.05) is 23.2 Å². The molecule has 1 aromatic carbocycles. The summed E-state index contributed by atoms with van der Waals surface area (Å²) < 4.78 is 0.940. The number of benzene rings is 1. The number of carbonyl (C=O) groups is 1. The second-order valence-electron chi connectivity index (χ2n) is 3.24. The second kappa shape index (κ2) is 6.58. The van der Waals surface area contributed by atoms with Gasteiger partial charge in [0.2, 0.25) is 5.91 Å². The van der Waals surface area contributed by atoms with Crippen molar-refractivity contribution < 1.29 is 9.90 Å². The Balaban J connectivity index is 2.37. The normalized spacial score (nSPS) is 10.0. The summed E-state index contributed by atoms with van der Waals surface area (Å²) in [5.41, 5.74) is 0.790. The number of anilines is 1. The van der Waals surface area contributed by atoms with Gasteiger partial charge in [-0.3, -0.25) is 4.79 Å². The highest BCUT2D eigenvalue weighted by molar-refractivity contribution is 9.10. The lowest BCUT2D eigenvalue weighted by Gasteiger charge is -2.04. The van der Waals surface area contributed by atoms with Gasteiger partial charge in [-0.25, -0.2) is 0 Å². The maximum Gasteiger partial charge on any atom is 0.224 e. The van der Waals surface area contributed by atoms with Gasteiger partial charge in [0.15, 0.2) is 0 Å². The molecule has 0 saturated carbocycles. The van der Waals surface area contributed by atoms with Gasteiger partial charge in [-0.1, -0.05) is 22.0 Å². The van der Waals surface area contributed by atoms with E-state index in [1.54, 1.807) is 0 Å². The van der Waals surface area contributed by atoms with Crippen LogP contribution in [0.2, 0.25) is 0 Å². The lowest BCUT2D eigenvalue weighted by Crippen LogP contribution is -2.11. The van der Waals surface area contributed by atoms with E-state index in [0.717, 1.165) is 16.6 Å². The Bertz CT molecular complexity index is 328. The lowest BCUT2D eigenvalue weighted by molar-refractivity contribution is -0.116. The third-order valence-corrected chi connectivity index (χ3v) is 2.41. The fraction of sp³-hybridized carbons (Fsp3) is 0.364. The van der Waals surface area contributed by atoms with Crippen LogP contribution in [-0.4, -0.2) is 17.6 Å². The van der Waals surface area contributed by atoms with Gasteiger partial charge in [0.1, 0.15) is 0 Å². The molecule has 0 aliphatic heterocycles. The predicted octanol–water partition coefficient (Wildman–Crippen LogP) is 2.55. The van der Waals surface area contributed by atoms with E-state index in [1.165, 1.54) is 0 Å². The minimum absolute atomic E-state index is 0.0125. The van der Waals surface area contributed by atoms with E-state index in [2.05, 4.69) is 21.2 Å². The highest BCUT2D eigenvalue weighted by atomic mass is 79.9. The molecule has 1 amide bonds. The van der Waals surface area contributed by atoms with Crippen molar-refractivity contribution in [3.05, 3.63) is 28.7 Å². The first kappa shape index (κ1) is 12.2. The molecular weight excluding hydrogens is 258 g/mol. The number of carbonyl (C=O) groups excluding carboxylic acids is 1. The summed E-state index contributed by atoms with van der Waals surface area (Å²) in [5.74, 6) is -0.0125. The Morgan fingerprint density at radius 3 is 2.87 bits per heavy atom. The number of aliphatic hydroxyl groups excluding tert-OH is 1. The molecule has 1 aromatic rings. The Morgan fingerprint density at radius 1 is 1.40 bits per heavy atom. The average molecular weight is 272 g/mol. The molecule has 0 radical (unpaired) electrons. The topological polar surface area (TPSA) is 49.3 Å². The number of halogens is 1. The summed E-state index contributed by atoms with van der Waals surface area (Å²) >= 11 is 3.33. The molecule has 0 fully saturated rings. The number of hydrogen-bond donors (Lipinski definition) is 2. The molecular formula is C11H14BrNO2. The van der Waals surface area contributed by atoms with Gasteiger partial charge in [0.05, 0.1) is 0 Å². The summed E-state index contributed by atoms with van der Waals surface area (Å²) in [6.45, 7) is 0.143. The molecule has 0 saturated heterocycles. The molecule has 0 heterocycles. The van der Waals surface area contributed by atoms with Crippen LogP contribution in [-0.2, 0) is 4.79 Å². The van der Waals surface area contributed by atoms with Crippen LogP contribution < -0.4 is 5.32 Å². The molecule has 0 atom stereocenters. The van der Waals surface area contributed by atoms with E-state index in [4.69, 9.17) is 5.11 Å². The standard InChI is InChI=1S/C11H14BrNO2/c12-9-4-3-5-10(8-9)13-11(15)6-1-2-7-14/h3-5,8,14H,1-2,6-7H2,(H,13,15). The summed E-state index contributed by atoms with van der Waals surface area (Å²) in [5, 5.41) is 11.4. The largest absolute Gasteiger partial charge is 0.396 e. The van der Waals surface area contributed by atoms with Crippen LogP contribution >= 0.6 is 15.9 Å². The van der Waals surface area contributed by atoms with Crippen molar-refractivity contribution in [2.75, 3.05) is 11.9 Å². The lowest BCUT2D eigenvalue weighted by atomic mass is 10.2. The highest BCUT2D eigenvalue weighted by Crippen LogP contribution is 2.15. The summed E-state index contributed by atoms with van der Waals surface area (Å²) in [6, 6.07) is 7.47. The van der Waals surface area contributed by atoms with Crippen LogP contribution in [0.15, 0.2) is 28.7 Å². The number of amides is 1. The Morgan fingerprint density at radius 2 is 2.20 bits per heavy atom. The number of nitrogens with one attached hydrogen (secondary N) is 1. The monoisotopic (exact) mass is 271 g/mol. The summed E-state index contributed by atoms with van der Waals surface area (Å²) in [6.07, 6.45) is 1.84. The van der Waals surface area contributed by atoms with Crippen molar-refractivity contribution in [1.29, 1.82) is 0 Å². The third kappa shape index (κ3) is 4.95. The van der Waals surface area contributed by atoms with Crippen molar-refractivity contribution in [2.45, 2.75) is 19.3 Å². The molecule has 0 unspecified atom stereocenters. The van der Waals surface area contributed by atoms with Crippen molar-refractivity contribution in [2.24, 2.45) is 0 Å². The average Bonchev–Trinajstić information content (AvgIpc) is 2.18. The quantitative estimate of drug-likeness (QED) is 0.809.